The quantitative estimate of drug-likeness (QED) is 0.840. The predicted octanol–water partition coefficient (Wildman–Crippen LogP) is 2.92. The largest absolute Gasteiger partial charge is 0.358 e. The van der Waals surface area contributed by atoms with Crippen molar-refractivity contribution in [3.05, 3.63) is 15.6 Å². The SMILES string of the molecule is CC1(C)OC(C)(C)c2sc(CCCCN)nc21. The highest BCUT2D eigenvalue weighted by molar-refractivity contribution is 7.12. The molecule has 1 aromatic rings. The van der Waals surface area contributed by atoms with Crippen LogP contribution in [-0.4, -0.2) is 11.5 Å². The van der Waals surface area contributed by atoms with E-state index in [0.717, 1.165) is 31.5 Å². The minimum Gasteiger partial charge on any atom is -0.358 e. The van der Waals surface area contributed by atoms with E-state index in [-0.39, 0.29) is 11.2 Å². The highest BCUT2D eigenvalue weighted by Crippen LogP contribution is 2.48. The van der Waals surface area contributed by atoms with E-state index in [9.17, 15) is 0 Å². The van der Waals surface area contributed by atoms with Crippen molar-refractivity contribution in [1.82, 2.24) is 4.98 Å². The van der Waals surface area contributed by atoms with Gasteiger partial charge in [0.1, 0.15) is 5.60 Å². The van der Waals surface area contributed by atoms with E-state index in [2.05, 4.69) is 27.7 Å². The van der Waals surface area contributed by atoms with E-state index >= 15 is 0 Å². The van der Waals surface area contributed by atoms with Crippen LogP contribution >= 0.6 is 11.3 Å². The minimum atomic E-state index is -0.249. The van der Waals surface area contributed by atoms with Crippen LogP contribution in [0.15, 0.2) is 0 Å². The zero-order valence-corrected chi connectivity index (χ0v) is 12.0. The molecule has 0 saturated heterocycles. The Labute approximate surface area is 107 Å². The van der Waals surface area contributed by atoms with Gasteiger partial charge in [-0.05, 0) is 53.5 Å². The Bertz CT molecular complexity index is 378. The maximum absolute atomic E-state index is 6.06. The number of nitrogens with two attached hydrogens (primary N) is 1. The molecule has 17 heavy (non-hydrogen) atoms. The van der Waals surface area contributed by atoms with Crippen molar-refractivity contribution in [3.63, 3.8) is 0 Å². The number of aryl methyl sites for hydroxylation is 1. The van der Waals surface area contributed by atoms with Crippen LogP contribution in [0, 0.1) is 0 Å². The molecule has 0 atom stereocenters. The fourth-order valence-electron chi connectivity index (χ4n) is 2.44. The van der Waals surface area contributed by atoms with Gasteiger partial charge in [0.2, 0.25) is 0 Å². The second kappa shape index (κ2) is 4.34. The molecular weight excluding hydrogens is 232 g/mol. The van der Waals surface area contributed by atoms with Crippen LogP contribution in [0.3, 0.4) is 0 Å². The number of hydrogen-bond donors (Lipinski definition) is 1. The summed E-state index contributed by atoms with van der Waals surface area (Å²) in [5.74, 6) is 0. The molecular formula is C13H22N2OS. The summed E-state index contributed by atoms with van der Waals surface area (Å²) in [4.78, 5) is 6.06. The van der Waals surface area contributed by atoms with E-state index < -0.39 is 0 Å². The molecule has 0 spiro atoms. The zero-order valence-electron chi connectivity index (χ0n) is 11.2. The van der Waals surface area contributed by atoms with Gasteiger partial charge in [0.25, 0.3) is 0 Å². The van der Waals surface area contributed by atoms with Crippen molar-refractivity contribution in [2.75, 3.05) is 6.54 Å². The number of aromatic nitrogens is 1. The van der Waals surface area contributed by atoms with Crippen molar-refractivity contribution >= 4 is 11.3 Å². The number of nitrogens with zero attached hydrogens (tertiary/aromatic N) is 1. The van der Waals surface area contributed by atoms with Crippen LogP contribution in [0.2, 0.25) is 0 Å². The Morgan fingerprint density at radius 2 is 1.88 bits per heavy atom. The van der Waals surface area contributed by atoms with Crippen LogP contribution in [0.4, 0.5) is 0 Å². The average molecular weight is 254 g/mol. The minimum absolute atomic E-state index is 0.192. The summed E-state index contributed by atoms with van der Waals surface area (Å²) in [7, 11) is 0. The van der Waals surface area contributed by atoms with E-state index in [1.807, 2.05) is 0 Å². The molecule has 0 unspecified atom stereocenters. The van der Waals surface area contributed by atoms with Crippen molar-refractivity contribution in [3.8, 4) is 0 Å². The normalized spacial score (nSPS) is 20.5. The summed E-state index contributed by atoms with van der Waals surface area (Å²) in [5.41, 5.74) is 6.21. The molecule has 1 aliphatic heterocycles. The monoisotopic (exact) mass is 254 g/mol. The first kappa shape index (κ1) is 13.0. The smallest absolute Gasteiger partial charge is 0.107 e. The third-order valence-corrected chi connectivity index (χ3v) is 4.56. The second-order valence-electron chi connectivity index (χ2n) is 5.65. The fourth-order valence-corrected chi connectivity index (χ4v) is 3.74. The number of unbranched alkanes of at least 4 members (excludes halogenated alkanes) is 1. The first-order valence-electron chi connectivity index (χ1n) is 6.28. The third-order valence-electron chi connectivity index (χ3n) is 3.14. The van der Waals surface area contributed by atoms with E-state index in [0.29, 0.717) is 0 Å². The Kier molecular flexibility index (Phi) is 3.31. The van der Waals surface area contributed by atoms with Gasteiger partial charge in [-0.25, -0.2) is 4.98 Å². The van der Waals surface area contributed by atoms with Gasteiger partial charge in [0.15, 0.2) is 0 Å². The molecule has 0 fully saturated rings. The first-order chi connectivity index (χ1) is 7.87. The summed E-state index contributed by atoms with van der Waals surface area (Å²) >= 11 is 1.80. The molecule has 96 valence electrons. The Morgan fingerprint density at radius 3 is 2.47 bits per heavy atom. The molecule has 0 amide bonds. The van der Waals surface area contributed by atoms with Crippen molar-refractivity contribution < 1.29 is 4.74 Å². The molecule has 2 rings (SSSR count). The van der Waals surface area contributed by atoms with E-state index in [1.54, 1.807) is 11.3 Å². The van der Waals surface area contributed by atoms with Gasteiger partial charge in [0.05, 0.1) is 21.2 Å². The lowest BCUT2D eigenvalue weighted by molar-refractivity contribution is -0.105. The third kappa shape index (κ3) is 2.39. The summed E-state index contributed by atoms with van der Waals surface area (Å²) in [6.07, 6.45) is 3.25. The lowest BCUT2D eigenvalue weighted by atomic mass is 10.0. The van der Waals surface area contributed by atoms with E-state index in [1.165, 1.54) is 9.88 Å². The summed E-state index contributed by atoms with van der Waals surface area (Å²) in [5, 5.41) is 1.23. The maximum Gasteiger partial charge on any atom is 0.107 e. The molecule has 2 heterocycles. The molecule has 0 aromatic carbocycles. The predicted molar refractivity (Wildman–Crippen MR) is 71.2 cm³/mol. The van der Waals surface area contributed by atoms with Crippen LogP contribution in [0.25, 0.3) is 0 Å². The fraction of sp³-hybridized carbons (Fsp3) is 0.769. The molecule has 4 heteroatoms. The standard InChI is InChI=1S/C13H22N2OS/c1-12(2)10-11(13(3,4)16-12)17-9(15-10)7-5-6-8-14/h5-8,14H2,1-4H3. The zero-order chi connectivity index (χ0) is 12.7. The number of fused-ring (bicyclic) bond motifs is 1. The van der Waals surface area contributed by atoms with Crippen LogP contribution in [0.5, 0.6) is 0 Å². The Morgan fingerprint density at radius 1 is 1.18 bits per heavy atom. The number of ether oxygens (including phenoxy) is 1. The van der Waals surface area contributed by atoms with Crippen molar-refractivity contribution in [2.45, 2.75) is 58.2 Å². The number of hydrogen-bond acceptors (Lipinski definition) is 4. The van der Waals surface area contributed by atoms with Gasteiger partial charge < -0.3 is 10.5 Å². The topological polar surface area (TPSA) is 48.1 Å². The summed E-state index contributed by atoms with van der Waals surface area (Å²) in [6, 6.07) is 0. The molecule has 0 bridgehead atoms. The van der Waals surface area contributed by atoms with Crippen LogP contribution in [0.1, 0.15) is 56.1 Å². The van der Waals surface area contributed by atoms with Crippen LogP contribution in [-0.2, 0) is 22.4 Å². The molecule has 1 aliphatic rings. The second-order valence-corrected chi connectivity index (χ2v) is 6.74. The van der Waals surface area contributed by atoms with Gasteiger partial charge >= 0.3 is 0 Å². The lowest BCUT2D eigenvalue weighted by Crippen LogP contribution is -2.23. The van der Waals surface area contributed by atoms with Gasteiger partial charge in [-0.3, -0.25) is 0 Å². The van der Waals surface area contributed by atoms with Crippen molar-refractivity contribution in [1.29, 1.82) is 0 Å². The Balaban J connectivity index is 2.21. The number of thiazole rings is 1. The Hall–Kier alpha value is -0.450. The van der Waals surface area contributed by atoms with Crippen LogP contribution < -0.4 is 5.73 Å². The molecule has 0 aliphatic carbocycles. The lowest BCUT2D eigenvalue weighted by Gasteiger charge is -2.24. The highest BCUT2D eigenvalue weighted by atomic mass is 32.1. The van der Waals surface area contributed by atoms with Crippen molar-refractivity contribution in [2.24, 2.45) is 5.73 Å². The van der Waals surface area contributed by atoms with Gasteiger partial charge in [-0.15, -0.1) is 11.3 Å². The molecule has 3 nitrogen and oxygen atoms in total. The van der Waals surface area contributed by atoms with E-state index in [4.69, 9.17) is 15.5 Å². The highest BCUT2D eigenvalue weighted by Gasteiger charge is 2.46. The molecule has 2 N–H and O–H groups in total. The maximum atomic E-state index is 6.06. The first-order valence-corrected chi connectivity index (χ1v) is 7.09. The van der Waals surface area contributed by atoms with Gasteiger partial charge in [0, 0.05) is 0 Å². The van der Waals surface area contributed by atoms with Gasteiger partial charge in [-0.2, -0.15) is 0 Å². The summed E-state index contributed by atoms with van der Waals surface area (Å²) in [6.45, 7) is 9.23. The molecule has 0 saturated carbocycles. The number of rotatable bonds is 4. The molecule has 0 radical (unpaired) electrons. The molecule has 1 aromatic heterocycles. The average Bonchev–Trinajstić information content (AvgIpc) is 2.67. The summed E-state index contributed by atoms with van der Waals surface area (Å²) < 4.78 is 6.06. The van der Waals surface area contributed by atoms with Gasteiger partial charge in [-0.1, -0.05) is 0 Å².